The third-order valence-electron chi connectivity index (χ3n) is 16.5. The molecular weight excluding hydrogens is 552 g/mol. The number of hydrogen-bond donors (Lipinski definition) is 2. The van der Waals surface area contributed by atoms with Crippen molar-refractivity contribution in [3.8, 4) is 0 Å². The van der Waals surface area contributed by atoms with Crippen LogP contribution >= 0.6 is 0 Å². The first-order valence-corrected chi connectivity index (χ1v) is 17.6. The van der Waals surface area contributed by atoms with E-state index in [1.165, 1.54) is 5.57 Å². The summed E-state index contributed by atoms with van der Waals surface area (Å²) in [4.78, 5) is 38.1. The van der Waals surface area contributed by atoms with Crippen LogP contribution in [0.1, 0.15) is 126 Å². The van der Waals surface area contributed by atoms with Crippen molar-refractivity contribution in [1.82, 2.24) is 0 Å². The molecule has 0 heterocycles. The largest absolute Gasteiger partial charge is 0.481 e. The summed E-state index contributed by atoms with van der Waals surface area (Å²) in [6, 6.07) is 0. The Hall–Kier alpha value is -1.85. The summed E-state index contributed by atoms with van der Waals surface area (Å²) in [5.41, 5.74) is 0.166. The van der Waals surface area contributed by atoms with Crippen LogP contribution < -0.4 is 0 Å². The Labute approximate surface area is 265 Å². The molecule has 6 fully saturated rings. The van der Waals surface area contributed by atoms with Gasteiger partial charge in [-0.25, -0.2) is 0 Å². The quantitative estimate of drug-likeness (QED) is 0.240. The number of esters is 1. The Kier molecular flexibility index (Phi) is 7.17. The molecule has 12 atom stereocenters. The monoisotopic (exact) mass is 610 g/mol. The third kappa shape index (κ3) is 3.93. The number of carboxylic acid groups (broad SMARTS) is 2. The first kappa shape index (κ1) is 32.1. The predicted molar refractivity (Wildman–Crippen MR) is 169 cm³/mol. The summed E-state index contributed by atoms with van der Waals surface area (Å²) in [7, 11) is 0. The number of hydrogen-bond acceptors (Lipinski definition) is 4. The summed E-state index contributed by atoms with van der Waals surface area (Å²) in [6.45, 7) is 22.5. The lowest BCUT2D eigenvalue weighted by molar-refractivity contribution is -0.252. The highest BCUT2D eigenvalue weighted by Gasteiger charge is 2.72. The summed E-state index contributed by atoms with van der Waals surface area (Å²) in [5, 5.41) is 20.2. The second-order valence-corrected chi connectivity index (χ2v) is 18.4. The van der Waals surface area contributed by atoms with Crippen LogP contribution in [0.15, 0.2) is 12.2 Å². The molecule has 44 heavy (non-hydrogen) atoms. The van der Waals surface area contributed by atoms with Crippen molar-refractivity contribution in [3.63, 3.8) is 0 Å². The smallest absolute Gasteiger partial charge is 0.309 e. The van der Waals surface area contributed by atoms with Gasteiger partial charge in [0.25, 0.3) is 0 Å². The van der Waals surface area contributed by atoms with Crippen molar-refractivity contribution >= 4 is 17.9 Å². The number of aliphatic carboxylic acids is 2. The molecule has 4 unspecified atom stereocenters. The van der Waals surface area contributed by atoms with Gasteiger partial charge in [0, 0.05) is 5.41 Å². The van der Waals surface area contributed by atoms with Crippen LogP contribution in [0, 0.1) is 73.9 Å². The van der Waals surface area contributed by atoms with Crippen molar-refractivity contribution < 1.29 is 29.3 Å². The van der Waals surface area contributed by atoms with Crippen molar-refractivity contribution in [2.75, 3.05) is 0 Å². The fourth-order valence-corrected chi connectivity index (χ4v) is 13.7. The predicted octanol–water partition coefficient (Wildman–Crippen LogP) is 8.39. The Morgan fingerprint density at radius 2 is 1.41 bits per heavy atom. The Morgan fingerprint density at radius 1 is 0.727 bits per heavy atom. The van der Waals surface area contributed by atoms with E-state index in [1.54, 1.807) is 0 Å². The van der Waals surface area contributed by atoms with E-state index >= 15 is 0 Å². The zero-order valence-corrected chi connectivity index (χ0v) is 28.6. The zero-order chi connectivity index (χ0) is 32.4. The molecule has 0 aromatic rings. The highest BCUT2D eigenvalue weighted by Crippen LogP contribution is 2.77. The molecule has 0 saturated heterocycles. The first-order valence-electron chi connectivity index (χ1n) is 17.6. The van der Waals surface area contributed by atoms with E-state index < -0.39 is 28.7 Å². The number of allylic oxidation sites excluding steroid dienone is 1. The number of carboxylic acids is 2. The molecular formula is C38H58O6. The normalized spacial score (nSPS) is 50.1. The van der Waals surface area contributed by atoms with Gasteiger partial charge in [0.2, 0.25) is 0 Å². The molecule has 0 spiro atoms. The standard InChI is InChI=1S/C38H58O6/c1-21(2)22-12-17-38(32(42)43)19-18-36(8)23(29(22)38)10-11-27-35(7)15-14-28(34(5,6)26(35)13-16-37(27,36)9)44-31(41)25-20-24(30(39)40)33(25,3)4/h22-29H,1,10-20H2,2-9H3,(H,39,40)(H,42,43)/t22-,23?,24+,25-,26?,27?,28-,29?,35-,36+,37+,38-/m0/s1. The van der Waals surface area contributed by atoms with Crippen LogP contribution in [-0.2, 0) is 19.1 Å². The average Bonchev–Trinajstić information content (AvgIpc) is 3.31. The van der Waals surface area contributed by atoms with Gasteiger partial charge in [0.05, 0.1) is 17.3 Å². The van der Waals surface area contributed by atoms with Crippen molar-refractivity contribution in [2.45, 2.75) is 132 Å². The second-order valence-electron chi connectivity index (χ2n) is 18.4. The maximum absolute atomic E-state index is 13.5. The molecule has 6 nitrogen and oxygen atoms in total. The van der Waals surface area contributed by atoms with Gasteiger partial charge < -0.3 is 14.9 Å². The number of fused-ring (bicyclic) bond motifs is 7. The molecule has 6 heteroatoms. The number of ether oxygens (including phenoxy) is 1. The molecule has 0 aliphatic heterocycles. The molecule has 6 rings (SSSR count). The van der Waals surface area contributed by atoms with Gasteiger partial charge in [-0.1, -0.05) is 60.6 Å². The van der Waals surface area contributed by atoms with Gasteiger partial charge in [-0.15, -0.1) is 0 Å². The molecule has 2 N–H and O–H groups in total. The van der Waals surface area contributed by atoms with E-state index in [0.717, 1.165) is 64.2 Å². The fraction of sp³-hybridized carbons (Fsp3) is 0.868. The third-order valence-corrected chi connectivity index (χ3v) is 16.5. The molecule has 6 aliphatic carbocycles. The van der Waals surface area contributed by atoms with E-state index in [4.69, 9.17) is 4.74 Å². The molecule has 6 aliphatic rings. The van der Waals surface area contributed by atoms with E-state index in [0.29, 0.717) is 30.1 Å². The Morgan fingerprint density at radius 3 is 2.00 bits per heavy atom. The lowest BCUT2D eigenvalue weighted by atomic mass is 9.32. The number of carbonyl (C=O) groups excluding carboxylic acids is 1. The fourth-order valence-electron chi connectivity index (χ4n) is 13.7. The molecule has 0 aromatic carbocycles. The van der Waals surface area contributed by atoms with Gasteiger partial charge in [-0.2, -0.15) is 0 Å². The lowest BCUT2D eigenvalue weighted by Crippen LogP contribution is -2.67. The lowest BCUT2D eigenvalue weighted by Gasteiger charge is -2.72. The minimum absolute atomic E-state index is 0.0928. The minimum atomic E-state index is -0.823. The number of carbonyl (C=O) groups is 3. The molecule has 246 valence electrons. The summed E-state index contributed by atoms with van der Waals surface area (Å²) in [6.07, 6.45) is 10.1. The summed E-state index contributed by atoms with van der Waals surface area (Å²) in [5.74, 6) is -0.593. The van der Waals surface area contributed by atoms with Gasteiger partial charge in [-0.05, 0) is 129 Å². The molecule has 0 radical (unpaired) electrons. The van der Waals surface area contributed by atoms with Crippen LogP contribution in [0.3, 0.4) is 0 Å². The topological polar surface area (TPSA) is 101 Å². The molecule has 0 bridgehead atoms. The van der Waals surface area contributed by atoms with Crippen LogP contribution in [0.4, 0.5) is 0 Å². The molecule has 0 aromatic heterocycles. The molecule has 0 amide bonds. The SMILES string of the molecule is C=C(C)[C@@H]1CC[C@]2(C(=O)O)CC[C@]3(C)C(CCC4[C@@]5(C)CC[C@H](OC(=O)[C@@H]6C[C@H](C(=O)O)C6(C)C)C(C)(C)C5CC[C@]43C)C12. The minimum Gasteiger partial charge on any atom is -0.481 e. The van der Waals surface area contributed by atoms with Crippen LogP contribution in [0.2, 0.25) is 0 Å². The highest BCUT2D eigenvalue weighted by atomic mass is 16.5. The Bertz CT molecular complexity index is 1270. The van der Waals surface area contributed by atoms with Crippen LogP contribution in [0.25, 0.3) is 0 Å². The van der Waals surface area contributed by atoms with E-state index in [9.17, 15) is 24.6 Å². The van der Waals surface area contributed by atoms with Gasteiger partial charge in [-0.3, -0.25) is 14.4 Å². The van der Waals surface area contributed by atoms with E-state index in [-0.39, 0.29) is 45.6 Å². The van der Waals surface area contributed by atoms with Gasteiger partial charge >= 0.3 is 17.9 Å². The van der Waals surface area contributed by atoms with E-state index in [2.05, 4.69) is 48.1 Å². The van der Waals surface area contributed by atoms with E-state index in [1.807, 2.05) is 13.8 Å². The maximum Gasteiger partial charge on any atom is 0.309 e. The van der Waals surface area contributed by atoms with Crippen LogP contribution in [0.5, 0.6) is 0 Å². The maximum atomic E-state index is 13.5. The first-order chi connectivity index (χ1) is 20.3. The van der Waals surface area contributed by atoms with Gasteiger partial charge in [0.1, 0.15) is 6.10 Å². The highest BCUT2D eigenvalue weighted by molar-refractivity contribution is 5.81. The van der Waals surface area contributed by atoms with Crippen LogP contribution in [-0.4, -0.2) is 34.2 Å². The summed E-state index contributed by atoms with van der Waals surface area (Å²) < 4.78 is 6.35. The second kappa shape index (κ2) is 9.83. The summed E-state index contributed by atoms with van der Waals surface area (Å²) >= 11 is 0. The molecule has 6 saturated carbocycles. The zero-order valence-electron chi connectivity index (χ0n) is 28.6. The van der Waals surface area contributed by atoms with Gasteiger partial charge in [0.15, 0.2) is 0 Å². The van der Waals surface area contributed by atoms with Crippen molar-refractivity contribution in [2.24, 2.45) is 73.9 Å². The van der Waals surface area contributed by atoms with Crippen molar-refractivity contribution in [3.05, 3.63) is 12.2 Å². The average molecular weight is 611 g/mol. The Balaban J connectivity index is 1.25. The number of rotatable bonds is 5. The van der Waals surface area contributed by atoms with Crippen molar-refractivity contribution in [1.29, 1.82) is 0 Å².